The highest BCUT2D eigenvalue weighted by Gasteiger charge is 2.29. The van der Waals surface area contributed by atoms with E-state index in [-0.39, 0.29) is 17.8 Å². The Balaban J connectivity index is 1.75. The average molecular weight is 297 g/mol. The molecular weight excluding hydrogens is 270 g/mol. The summed E-state index contributed by atoms with van der Waals surface area (Å²) in [7, 11) is 3.40. The SMILES string of the molecule is CNC1CCCN(CC(=O)N2CCC(C(=O)OC)CC2)C1. The van der Waals surface area contributed by atoms with Crippen molar-refractivity contribution >= 4 is 11.9 Å². The number of piperidine rings is 2. The molecule has 2 rings (SSSR count). The van der Waals surface area contributed by atoms with Gasteiger partial charge in [-0.15, -0.1) is 0 Å². The van der Waals surface area contributed by atoms with Crippen molar-refractivity contribution in [1.82, 2.24) is 15.1 Å². The molecule has 0 aromatic heterocycles. The molecule has 0 aliphatic carbocycles. The molecule has 1 N–H and O–H groups in total. The van der Waals surface area contributed by atoms with E-state index in [2.05, 4.69) is 10.2 Å². The quantitative estimate of drug-likeness (QED) is 0.745. The molecule has 6 heteroatoms. The maximum Gasteiger partial charge on any atom is 0.308 e. The van der Waals surface area contributed by atoms with Gasteiger partial charge in [0.25, 0.3) is 0 Å². The average Bonchev–Trinajstić information content (AvgIpc) is 2.54. The molecule has 0 saturated carbocycles. The van der Waals surface area contributed by atoms with Crippen molar-refractivity contribution in [3.05, 3.63) is 0 Å². The van der Waals surface area contributed by atoms with Crippen molar-refractivity contribution in [3.63, 3.8) is 0 Å². The summed E-state index contributed by atoms with van der Waals surface area (Å²) in [5, 5.41) is 3.29. The molecule has 1 unspecified atom stereocenters. The minimum absolute atomic E-state index is 0.0392. The normalized spacial score (nSPS) is 24.9. The highest BCUT2D eigenvalue weighted by atomic mass is 16.5. The van der Waals surface area contributed by atoms with Crippen LogP contribution >= 0.6 is 0 Å². The molecule has 0 aromatic carbocycles. The fourth-order valence-electron chi connectivity index (χ4n) is 3.26. The van der Waals surface area contributed by atoms with Gasteiger partial charge in [-0.3, -0.25) is 14.5 Å². The second-order valence-electron chi connectivity index (χ2n) is 6.04. The van der Waals surface area contributed by atoms with Crippen LogP contribution in [0.2, 0.25) is 0 Å². The number of ether oxygens (including phenoxy) is 1. The van der Waals surface area contributed by atoms with Crippen molar-refractivity contribution in [3.8, 4) is 0 Å². The Bertz CT molecular complexity index is 367. The van der Waals surface area contributed by atoms with E-state index in [1.807, 2.05) is 11.9 Å². The van der Waals surface area contributed by atoms with Gasteiger partial charge in [0.15, 0.2) is 0 Å². The number of esters is 1. The van der Waals surface area contributed by atoms with E-state index in [1.54, 1.807) is 0 Å². The maximum atomic E-state index is 12.4. The van der Waals surface area contributed by atoms with Gasteiger partial charge in [0.05, 0.1) is 19.6 Å². The molecule has 2 fully saturated rings. The van der Waals surface area contributed by atoms with Crippen LogP contribution in [0, 0.1) is 5.92 Å². The topological polar surface area (TPSA) is 61.9 Å². The molecule has 2 heterocycles. The number of hydrogen-bond acceptors (Lipinski definition) is 5. The zero-order chi connectivity index (χ0) is 15.2. The van der Waals surface area contributed by atoms with Crippen LogP contribution in [0.5, 0.6) is 0 Å². The second kappa shape index (κ2) is 7.75. The third kappa shape index (κ3) is 4.41. The van der Waals surface area contributed by atoms with Crippen LogP contribution < -0.4 is 5.32 Å². The molecule has 6 nitrogen and oxygen atoms in total. The Hall–Kier alpha value is -1.14. The third-order valence-electron chi connectivity index (χ3n) is 4.65. The Morgan fingerprint density at radius 1 is 1.19 bits per heavy atom. The summed E-state index contributed by atoms with van der Waals surface area (Å²) >= 11 is 0. The molecule has 2 aliphatic heterocycles. The number of carbonyl (C=O) groups excluding carboxylic acids is 2. The number of likely N-dealkylation sites (N-methyl/N-ethyl adjacent to an activating group) is 1. The number of methoxy groups -OCH3 is 1. The fourth-order valence-corrected chi connectivity index (χ4v) is 3.26. The summed E-state index contributed by atoms with van der Waals surface area (Å²) in [6.07, 6.45) is 3.77. The molecule has 2 aliphatic rings. The second-order valence-corrected chi connectivity index (χ2v) is 6.04. The molecule has 2 saturated heterocycles. The van der Waals surface area contributed by atoms with Crippen molar-refractivity contribution in [1.29, 1.82) is 0 Å². The van der Waals surface area contributed by atoms with E-state index < -0.39 is 0 Å². The zero-order valence-electron chi connectivity index (χ0n) is 13.1. The lowest BCUT2D eigenvalue weighted by Crippen LogP contribution is -2.50. The van der Waals surface area contributed by atoms with E-state index in [9.17, 15) is 9.59 Å². The highest BCUT2D eigenvalue weighted by molar-refractivity contribution is 5.79. The predicted molar refractivity (Wildman–Crippen MR) is 79.8 cm³/mol. The molecule has 1 amide bonds. The summed E-state index contributed by atoms with van der Waals surface area (Å²) in [6.45, 7) is 3.79. The Kier molecular flexibility index (Phi) is 5.99. The van der Waals surface area contributed by atoms with Crippen LogP contribution in [0.15, 0.2) is 0 Å². The van der Waals surface area contributed by atoms with Gasteiger partial charge in [-0.05, 0) is 39.3 Å². The van der Waals surface area contributed by atoms with Gasteiger partial charge in [0, 0.05) is 25.7 Å². The highest BCUT2D eigenvalue weighted by Crippen LogP contribution is 2.19. The van der Waals surface area contributed by atoms with Crippen LogP contribution in [0.3, 0.4) is 0 Å². The minimum atomic E-state index is -0.144. The van der Waals surface area contributed by atoms with Crippen molar-refractivity contribution < 1.29 is 14.3 Å². The van der Waals surface area contributed by atoms with Gasteiger partial charge in [0.2, 0.25) is 5.91 Å². The number of rotatable bonds is 4. The maximum absolute atomic E-state index is 12.4. The van der Waals surface area contributed by atoms with E-state index in [4.69, 9.17) is 4.74 Å². The van der Waals surface area contributed by atoms with Crippen LogP contribution in [0.1, 0.15) is 25.7 Å². The van der Waals surface area contributed by atoms with Crippen molar-refractivity contribution in [2.24, 2.45) is 5.92 Å². The fraction of sp³-hybridized carbons (Fsp3) is 0.867. The van der Waals surface area contributed by atoms with Gasteiger partial charge in [-0.2, -0.15) is 0 Å². The number of carbonyl (C=O) groups is 2. The zero-order valence-corrected chi connectivity index (χ0v) is 13.1. The lowest BCUT2D eigenvalue weighted by Gasteiger charge is -2.35. The van der Waals surface area contributed by atoms with Gasteiger partial charge in [-0.25, -0.2) is 0 Å². The van der Waals surface area contributed by atoms with Gasteiger partial charge >= 0.3 is 5.97 Å². The Morgan fingerprint density at radius 3 is 2.52 bits per heavy atom. The lowest BCUT2D eigenvalue weighted by molar-refractivity contribution is -0.149. The number of hydrogen-bond donors (Lipinski definition) is 1. The number of likely N-dealkylation sites (tertiary alicyclic amines) is 2. The van der Waals surface area contributed by atoms with E-state index in [0.29, 0.717) is 25.7 Å². The number of amides is 1. The summed E-state index contributed by atoms with van der Waals surface area (Å²) in [5.74, 6) is 0.00719. The minimum Gasteiger partial charge on any atom is -0.469 e. The number of nitrogens with zero attached hydrogens (tertiary/aromatic N) is 2. The van der Waals surface area contributed by atoms with Crippen LogP contribution in [0.25, 0.3) is 0 Å². The van der Waals surface area contributed by atoms with Crippen molar-refractivity contribution in [2.45, 2.75) is 31.7 Å². The predicted octanol–water partition coefficient (Wildman–Crippen LogP) is 0.0818. The van der Waals surface area contributed by atoms with Crippen LogP contribution in [-0.2, 0) is 14.3 Å². The van der Waals surface area contributed by atoms with Gasteiger partial charge in [0.1, 0.15) is 0 Å². The summed E-state index contributed by atoms with van der Waals surface area (Å²) < 4.78 is 4.77. The molecular formula is C15H27N3O3. The number of nitrogens with one attached hydrogen (secondary N) is 1. The monoisotopic (exact) mass is 297 g/mol. The first-order valence-corrected chi connectivity index (χ1v) is 7.89. The smallest absolute Gasteiger partial charge is 0.308 e. The van der Waals surface area contributed by atoms with E-state index in [0.717, 1.165) is 32.4 Å². The summed E-state index contributed by atoms with van der Waals surface area (Å²) in [6, 6.07) is 0.497. The first-order valence-electron chi connectivity index (χ1n) is 7.89. The molecule has 0 spiro atoms. The lowest BCUT2D eigenvalue weighted by atomic mass is 9.97. The summed E-state index contributed by atoms with van der Waals surface area (Å²) in [4.78, 5) is 28.0. The van der Waals surface area contributed by atoms with E-state index in [1.165, 1.54) is 13.5 Å². The molecule has 0 aromatic rings. The molecule has 120 valence electrons. The van der Waals surface area contributed by atoms with Crippen molar-refractivity contribution in [2.75, 3.05) is 46.9 Å². The van der Waals surface area contributed by atoms with Crippen LogP contribution in [0.4, 0.5) is 0 Å². The third-order valence-corrected chi connectivity index (χ3v) is 4.65. The van der Waals surface area contributed by atoms with Gasteiger partial charge in [-0.1, -0.05) is 0 Å². The van der Waals surface area contributed by atoms with Crippen LogP contribution in [-0.4, -0.2) is 74.6 Å². The molecule has 0 bridgehead atoms. The molecule has 1 atom stereocenters. The Labute approximate surface area is 126 Å². The van der Waals surface area contributed by atoms with E-state index >= 15 is 0 Å². The first kappa shape index (κ1) is 16.2. The standard InChI is InChI=1S/C15H27N3O3/c1-16-13-4-3-7-17(10-13)11-14(19)18-8-5-12(6-9-18)15(20)21-2/h12-13,16H,3-11H2,1-2H3. The first-order chi connectivity index (χ1) is 10.1. The Morgan fingerprint density at radius 2 is 1.90 bits per heavy atom. The molecule has 21 heavy (non-hydrogen) atoms. The molecule has 0 radical (unpaired) electrons. The van der Waals surface area contributed by atoms with Gasteiger partial charge < -0.3 is 15.0 Å². The summed E-state index contributed by atoms with van der Waals surface area (Å²) in [5.41, 5.74) is 0. The largest absolute Gasteiger partial charge is 0.469 e.